The van der Waals surface area contributed by atoms with E-state index in [9.17, 15) is 19.7 Å². The summed E-state index contributed by atoms with van der Waals surface area (Å²) in [5.74, 6) is 1.17. The van der Waals surface area contributed by atoms with Gasteiger partial charge in [0.1, 0.15) is 5.75 Å². The van der Waals surface area contributed by atoms with Crippen LogP contribution in [0.15, 0.2) is 36.4 Å². The van der Waals surface area contributed by atoms with Gasteiger partial charge in [-0.15, -0.1) is 0 Å². The predicted molar refractivity (Wildman–Crippen MR) is 146 cm³/mol. The van der Waals surface area contributed by atoms with E-state index in [1.54, 1.807) is 38.0 Å². The Kier molecular flexibility index (Phi) is 9.58. The van der Waals surface area contributed by atoms with Gasteiger partial charge < -0.3 is 34.8 Å². The van der Waals surface area contributed by atoms with Crippen LogP contribution >= 0.6 is 0 Å². The number of nitrogens with zero attached hydrogens (tertiary/aromatic N) is 5. The van der Waals surface area contributed by atoms with Crippen LogP contribution in [-0.2, 0) is 9.59 Å². The Morgan fingerprint density at radius 2 is 1.18 bits per heavy atom. The average Bonchev–Trinajstić information content (AvgIpc) is 2.93. The van der Waals surface area contributed by atoms with Crippen LogP contribution < -0.4 is 25.0 Å². The molecule has 0 radical (unpaired) electrons. The Morgan fingerprint density at radius 1 is 0.763 bits per heavy atom. The number of ether oxygens (including phenoxy) is 2. The van der Waals surface area contributed by atoms with Crippen molar-refractivity contribution >= 4 is 34.6 Å². The number of hydrogen-bond acceptors (Lipinski definition) is 9. The second kappa shape index (κ2) is 12.8. The first-order valence-electron chi connectivity index (χ1n) is 12.4. The minimum atomic E-state index is -0.462. The normalized spacial score (nSPS) is 15.4. The number of nitro benzene ring substituents is 1. The van der Waals surface area contributed by atoms with Gasteiger partial charge in [-0.3, -0.25) is 19.7 Å². The van der Waals surface area contributed by atoms with Crippen LogP contribution in [0.2, 0.25) is 0 Å². The highest BCUT2D eigenvalue weighted by Gasteiger charge is 2.22. The van der Waals surface area contributed by atoms with Crippen LogP contribution in [-0.4, -0.2) is 93.1 Å². The van der Waals surface area contributed by atoms with Crippen LogP contribution in [0.25, 0.3) is 0 Å². The van der Waals surface area contributed by atoms with Gasteiger partial charge in [0, 0.05) is 95.8 Å². The van der Waals surface area contributed by atoms with E-state index < -0.39 is 4.92 Å². The predicted octanol–water partition coefficient (Wildman–Crippen LogP) is 2.22. The van der Waals surface area contributed by atoms with Crippen molar-refractivity contribution in [3.05, 3.63) is 46.5 Å². The van der Waals surface area contributed by atoms with Gasteiger partial charge in [-0.1, -0.05) is 0 Å². The number of carbonyl (C=O) groups is 2. The molecule has 2 saturated heterocycles. The van der Waals surface area contributed by atoms with Gasteiger partial charge in [-0.25, -0.2) is 0 Å². The fourth-order valence-electron chi connectivity index (χ4n) is 4.47. The van der Waals surface area contributed by atoms with E-state index in [4.69, 9.17) is 15.2 Å². The Morgan fingerprint density at radius 3 is 1.58 bits per heavy atom. The summed E-state index contributed by atoms with van der Waals surface area (Å²) in [6.07, 6.45) is 0. The zero-order chi connectivity index (χ0) is 27.8. The molecule has 12 nitrogen and oxygen atoms in total. The maximum Gasteiger partial charge on any atom is 0.311 e. The average molecular weight is 529 g/mol. The molecule has 12 heteroatoms. The summed E-state index contributed by atoms with van der Waals surface area (Å²) >= 11 is 0. The summed E-state index contributed by atoms with van der Waals surface area (Å²) in [5, 5.41) is 10.9. The highest BCUT2D eigenvalue weighted by atomic mass is 16.6. The number of hydrogen-bond donors (Lipinski definition) is 1. The lowest BCUT2D eigenvalue weighted by Crippen LogP contribution is -2.48. The van der Waals surface area contributed by atoms with E-state index >= 15 is 0 Å². The zero-order valence-electron chi connectivity index (χ0n) is 22.4. The molecule has 38 heavy (non-hydrogen) atoms. The van der Waals surface area contributed by atoms with E-state index in [2.05, 4.69) is 9.80 Å². The summed E-state index contributed by atoms with van der Waals surface area (Å²) in [4.78, 5) is 40.9. The van der Waals surface area contributed by atoms with Gasteiger partial charge >= 0.3 is 5.69 Å². The summed E-state index contributed by atoms with van der Waals surface area (Å²) in [6.45, 7) is 9.13. The van der Waals surface area contributed by atoms with Crippen LogP contribution in [0.4, 0.5) is 22.7 Å². The summed E-state index contributed by atoms with van der Waals surface area (Å²) < 4.78 is 10.3. The maximum atomic E-state index is 11.3. The molecule has 206 valence electrons. The third-order valence-corrected chi connectivity index (χ3v) is 6.76. The van der Waals surface area contributed by atoms with Gasteiger partial charge in [0.25, 0.3) is 0 Å². The SMILES string of the molecule is COc1cc(N2CCN(C(C)=O)CC2)ccc1N.COc1cc(N2CCN(C(C)=O)CC2)ccc1[N+](=O)[O-]. The van der Waals surface area contributed by atoms with Crippen LogP contribution in [0.3, 0.4) is 0 Å². The number of methoxy groups -OCH3 is 2. The third-order valence-electron chi connectivity index (χ3n) is 6.76. The Hall–Kier alpha value is -4.22. The highest BCUT2D eigenvalue weighted by Crippen LogP contribution is 2.32. The third kappa shape index (κ3) is 6.96. The molecule has 2 heterocycles. The number of carbonyl (C=O) groups excluding carboxylic acids is 2. The quantitative estimate of drug-likeness (QED) is 0.352. The van der Waals surface area contributed by atoms with Crippen molar-refractivity contribution in [2.24, 2.45) is 0 Å². The molecule has 2 aliphatic rings. The van der Waals surface area contributed by atoms with Gasteiger partial charge in [0.15, 0.2) is 5.75 Å². The monoisotopic (exact) mass is 528 g/mol. The molecule has 0 unspecified atom stereocenters. The van der Waals surface area contributed by atoms with E-state index in [1.807, 2.05) is 23.1 Å². The molecule has 2 aromatic carbocycles. The maximum absolute atomic E-state index is 11.3. The summed E-state index contributed by atoms with van der Waals surface area (Å²) in [6, 6.07) is 10.6. The number of rotatable bonds is 5. The number of anilines is 3. The first kappa shape index (κ1) is 28.4. The minimum Gasteiger partial charge on any atom is -0.495 e. The molecule has 0 saturated carbocycles. The lowest BCUT2D eigenvalue weighted by molar-refractivity contribution is -0.385. The Bertz CT molecular complexity index is 1140. The molecule has 2 N–H and O–H groups in total. The second-order valence-corrected chi connectivity index (χ2v) is 9.03. The van der Waals surface area contributed by atoms with Gasteiger partial charge in [-0.2, -0.15) is 0 Å². The van der Waals surface area contributed by atoms with Crippen molar-refractivity contribution in [1.29, 1.82) is 0 Å². The molecule has 2 aliphatic heterocycles. The van der Waals surface area contributed by atoms with E-state index in [0.29, 0.717) is 37.6 Å². The summed E-state index contributed by atoms with van der Waals surface area (Å²) in [5.41, 5.74) is 8.35. The minimum absolute atomic E-state index is 0.0429. The fraction of sp³-hybridized carbons (Fsp3) is 0.462. The first-order chi connectivity index (χ1) is 18.1. The van der Waals surface area contributed by atoms with Crippen molar-refractivity contribution in [3.63, 3.8) is 0 Å². The molecule has 0 atom stereocenters. The number of nitrogens with two attached hydrogens (primary N) is 1. The molecule has 0 bridgehead atoms. The number of benzene rings is 2. The Labute approximate surface area is 222 Å². The molecular formula is C26H36N6O6. The zero-order valence-corrected chi connectivity index (χ0v) is 22.4. The first-order valence-corrected chi connectivity index (χ1v) is 12.4. The number of amides is 2. The lowest BCUT2D eigenvalue weighted by atomic mass is 10.2. The lowest BCUT2D eigenvalue weighted by Gasteiger charge is -2.35. The molecule has 2 aromatic rings. The van der Waals surface area contributed by atoms with E-state index in [1.165, 1.54) is 13.2 Å². The highest BCUT2D eigenvalue weighted by molar-refractivity contribution is 5.74. The van der Waals surface area contributed by atoms with Crippen molar-refractivity contribution in [3.8, 4) is 11.5 Å². The van der Waals surface area contributed by atoms with Gasteiger partial charge in [0.05, 0.1) is 24.8 Å². The van der Waals surface area contributed by atoms with E-state index in [-0.39, 0.29) is 23.3 Å². The number of nitrogen functional groups attached to an aromatic ring is 1. The molecule has 2 amide bonds. The van der Waals surface area contributed by atoms with E-state index in [0.717, 1.165) is 37.6 Å². The molecule has 0 spiro atoms. The summed E-state index contributed by atoms with van der Waals surface area (Å²) in [7, 11) is 3.03. The van der Waals surface area contributed by atoms with Crippen LogP contribution in [0, 0.1) is 10.1 Å². The second-order valence-electron chi connectivity index (χ2n) is 9.03. The van der Waals surface area contributed by atoms with Gasteiger partial charge in [-0.05, 0) is 18.2 Å². The van der Waals surface area contributed by atoms with Crippen molar-refractivity contribution in [2.45, 2.75) is 13.8 Å². The largest absolute Gasteiger partial charge is 0.495 e. The van der Waals surface area contributed by atoms with Crippen LogP contribution in [0.5, 0.6) is 11.5 Å². The van der Waals surface area contributed by atoms with Crippen molar-refractivity contribution in [1.82, 2.24) is 9.80 Å². The van der Waals surface area contributed by atoms with Gasteiger partial charge in [0.2, 0.25) is 11.8 Å². The molecule has 4 rings (SSSR count). The van der Waals surface area contributed by atoms with Crippen molar-refractivity contribution < 1.29 is 24.0 Å². The number of nitro groups is 1. The Balaban J connectivity index is 0.000000212. The number of piperazine rings is 2. The smallest absolute Gasteiger partial charge is 0.311 e. The van der Waals surface area contributed by atoms with Crippen LogP contribution in [0.1, 0.15) is 13.8 Å². The molecule has 2 fully saturated rings. The molecule has 0 aromatic heterocycles. The van der Waals surface area contributed by atoms with Crippen molar-refractivity contribution in [2.75, 3.05) is 82.1 Å². The molecular weight excluding hydrogens is 492 g/mol. The standard InChI is InChI=1S/C13H17N3O4.C13H19N3O2/c1-10(17)14-5-7-15(8-6-14)11-3-4-12(16(18)19)13(9-11)20-2;1-10(17)15-5-7-16(8-6-15)11-3-4-12(14)13(9-11)18-2/h3-4,9H,5-8H2,1-2H3;3-4,9H,5-8,14H2,1-2H3. The molecule has 0 aliphatic carbocycles. The fourth-order valence-corrected chi connectivity index (χ4v) is 4.47. The topological polar surface area (TPSA) is 135 Å².